The molecule has 2 aromatic rings. The average molecular weight is 238 g/mol. The van der Waals surface area contributed by atoms with Gasteiger partial charge >= 0.3 is 0 Å². The first kappa shape index (κ1) is 12.0. The number of nitrogens with zero attached hydrogens (tertiary/aromatic N) is 1. The molecule has 18 heavy (non-hydrogen) atoms. The minimum atomic E-state index is -0.000800. The number of phenols is 1. The van der Waals surface area contributed by atoms with Crippen molar-refractivity contribution in [2.24, 2.45) is 0 Å². The van der Waals surface area contributed by atoms with Crippen molar-refractivity contribution in [3.63, 3.8) is 0 Å². The number of aromatic hydroxyl groups is 1. The van der Waals surface area contributed by atoms with Crippen molar-refractivity contribution in [2.45, 2.75) is 13.0 Å². The molecule has 90 valence electrons. The zero-order valence-electron chi connectivity index (χ0n) is 10.1. The number of para-hydroxylation sites is 1. The molecule has 2 N–H and O–H groups in total. The quantitative estimate of drug-likeness (QED) is 0.861. The fourth-order valence-electron chi connectivity index (χ4n) is 1.82. The Bertz CT molecular complexity index is 570. The van der Waals surface area contributed by atoms with Gasteiger partial charge in [-0.05, 0) is 37.3 Å². The summed E-state index contributed by atoms with van der Waals surface area (Å²) in [5, 5.41) is 21.8. The van der Waals surface area contributed by atoms with E-state index in [1.54, 1.807) is 24.3 Å². The fourth-order valence-corrected chi connectivity index (χ4v) is 1.82. The number of benzene rings is 2. The smallest absolute Gasteiger partial charge is 0.120 e. The lowest BCUT2D eigenvalue weighted by atomic mass is 10.1. The van der Waals surface area contributed by atoms with Crippen LogP contribution >= 0.6 is 0 Å². The Labute approximate surface area is 106 Å². The lowest BCUT2D eigenvalue weighted by Crippen LogP contribution is -2.06. The molecule has 0 aliphatic carbocycles. The molecule has 0 spiro atoms. The summed E-state index contributed by atoms with van der Waals surface area (Å²) in [6, 6.07) is 16.6. The molecule has 3 nitrogen and oxygen atoms in total. The second kappa shape index (κ2) is 5.24. The largest absolute Gasteiger partial charge is 0.508 e. The summed E-state index contributed by atoms with van der Waals surface area (Å²) in [6.07, 6.45) is 0. The van der Waals surface area contributed by atoms with Crippen molar-refractivity contribution >= 4 is 5.69 Å². The highest BCUT2D eigenvalue weighted by molar-refractivity contribution is 5.50. The van der Waals surface area contributed by atoms with Gasteiger partial charge in [-0.1, -0.05) is 18.2 Å². The van der Waals surface area contributed by atoms with Crippen LogP contribution in [0.25, 0.3) is 0 Å². The Morgan fingerprint density at radius 3 is 2.39 bits per heavy atom. The molecular weight excluding hydrogens is 224 g/mol. The van der Waals surface area contributed by atoms with Crippen LogP contribution in [0.4, 0.5) is 5.69 Å². The first-order valence-corrected chi connectivity index (χ1v) is 5.75. The van der Waals surface area contributed by atoms with Gasteiger partial charge in [0.2, 0.25) is 0 Å². The third-order valence-corrected chi connectivity index (χ3v) is 2.80. The van der Waals surface area contributed by atoms with Crippen LogP contribution in [-0.4, -0.2) is 5.11 Å². The summed E-state index contributed by atoms with van der Waals surface area (Å²) in [4.78, 5) is 0. The monoisotopic (exact) mass is 238 g/mol. The minimum absolute atomic E-state index is 0.000800. The van der Waals surface area contributed by atoms with Crippen LogP contribution in [0.2, 0.25) is 0 Å². The summed E-state index contributed by atoms with van der Waals surface area (Å²) in [6.45, 7) is 1.98. The van der Waals surface area contributed by atoms with Crippen LogP contribution in [0.3, 0.4) is 0 Å². The third-order valence-electron chi connectivity index (χ3n) is 2.80. The number of nitrogens with one attached hydrogen (secondary N) is 1. The number of rotatable bonds is 3. The number of phenolic OH excluding ortho intramolecular Hbond substituents is 1. The predicted molar refractivity (Wildman–Crippen MR) is 71.3 cm³/mol. The topological polar surface area (TPSA) is 56.0 Å². The Morgan fingerprint density at radius 2 is 1.78 bits per heavy atom. The second-order valence-corrected chi connectivity index (χ2v) is 4.11. The molecule has 2 aromatic carbocycles. The lowest BCUT2D eigenvalue weighted by Gasteiger charge is -2.16. The van der Waals surface area contributed by atoms with E-state index in [1.165, 1.54) is 0 Å². The number of anilines is 1. The van der Waals surface area contributed by atoms with Gasteiger partial charge < -0.3 is 10.4 Å². The van der Waals surface area contributed by atoms with Gasteiger partial charge in [0.25, 0.3) is 0 Å². The van der Waals surface area contributed by atoms with Gasteiger partial charge in [0.1, 0.15) is 5.75 Å². The fraction of sp³-hybridized carbons (Fsp3) is 0.133. The number of hydrogen-bond donors (Lipinski definition) is 2. The third kappa shape index (κ3) is 2.61. The van der Waals surface area contributed by atoms with Crippen LogP contribution in [0.1, 0.15) is 24.1 Å². The maximum atomic E-state index is 9.76. The molecule has 2 rings (SSSR count). The zero-order valence-corrected chi connectivity index (χ0v) is 10.1. The number of hydrogen-bond acceptors (Lipinski definition) is 3. The van der Waals surface area contributed by atoms with Crippen LogP contribution in [0.15, 0.2) is 48.5 Å². The first-order valence-electron chi connectivity index (χ1n) is 5.75. The molecule has 0 aromatic heterocycles. The molecule has 0 amide bonds. The highest BCUT2D eigenvalue weighted by Crippen LogP contribution is 2.26. The van der Waals surface area contributed by atoms with Crippen LogP contribution in [-0.2, 0) is 0 Å². The Balaban J connectivity index is 2.14. The van der Waals surface area contributed by atoms with Gasteiger partial charge in [0, 0.05) is 11.3 Å². The van der Waals surface area contributed by atoms with Crippen LogP contribution < -0.4 is 5.32 Å². The molecule has 0 radical (unpaired) electrons. The summed E-state index contributed by atoms with van der Waals surface area (Å²) >= 11 is 0. The maximum Gasteiger partial charge on any atom is 0.120 e. The van der Waals surface area contributed by atoms with Gasteiger partial charge in [0.15, 0.2) is 0 Å². The molecule has 1 unspecified atom stereocenters. The second-order valence-electron chi connectivity index (χ2n) is 4.11. The predicted octanol–water partition coefficient (Wildman–Crippen LogP) is 3.44. The first-order chi connectivity index (χ1) is 8.70. The van der Waals surface area contributed by atoms with Gasteiger partial charge in [-0.2, -0.15) is 5.26 Å². The Hall–Kier alpha value is -2.47. The van der Waals surface area contributed by atoms with Crippen molar-refractivity contribution < 1.29 is 5.11 Å². The van der Waals surface area contributed by atoms with Crippen molar-refractivity contribution in [1.82, 2.24) is 0 Å². The van der Waals surface area contributed by atoms with Crippen LogP contribution in [0.5, 0.6) is 5.75 Å². The molecule has 0 fully saturated rings. The Kier molecular flexibility index (Phi) is 3.49. The molecule has 0 heterocycles. The van der Waals surface area contributed by atoms with E-state index in [-0.39, 0.29) is 11.8 Å². The summed E-state index contributed by atoms with van der Waals surface area (Å²) in [5.74, 6) is 0.283. The van der Waals surface area contributed by atoms with Gasteiger partial charge in [-0.25, -0.2) is 0 Å². The van der Waals surface area contributed by atoms with E-state index < -0.39 is 0 Å². The van der Waals surface area contributed by atoms with Crippen molar-refractivity contribution in [1.29, 1.82) is 5.26 Å². The van der Waals surface area contributed by atoms with E-state index in [1.807, 2.05) is 31.2 Å². The molecular formula is C15H14N2O. The molecule has 0 aliphatic rings. The van der Waals surface area contributed by atoms with E-state index >= 15 is 0 Å². The summed E-state index contributed by atoms with van der Waals surface area (Å²) in [5.41, 5.74) is 2.40. The van der Waals surface area contributed by atoms with E-state index in [9.17, 15) is 5.11 Å². The summed E-state index contributed by atoms with van der Waals surface area (Å²) in [7, 11) is 0. The number of nitriles is 1. The zero-order chi connectivity index (χ0) is 13.0. The maximum absolute atomic E-state index is 9.76. The average Bonchev–Trinajstić information content (AvgIpc) is 2.40. The molecule has 0 saturated heterocycles. The van der Waals surface area contributed by atoms with E-state index in [0.29, 0.717) is 5.56 Å². The summed E-state index contributed by atoms with van der Waals surface area (Å²) < 4.78 is 0. The van der Waals surface area contributed by atoms with Crippen LogP contribution in [0, 0.1) is 11.3 Å². The van der Waals surface area contributed by atoms with E-state index in [4.69, 9.17) is 5.26 Å². The van der Waals surface area contributed by atoms with E-state index in [0.717, 1.165) is 11.3 Å². The van der Waals surface area contributed by atoms with Gasteiger partial charge in [-0.15, -0.1) is 0 Å². The van der Waals surface area contributed by atoms with Crippen molar-refractivity contribution in [3.8, 4) is 11.8 Å². The Morgan fingerprint density at radius 1 is 1.11 bits per heavy atom. The normalized spacial score (nSPS) is 11.6. The van der Waals surface area contributed by atoms with Gasteiger partial charge in [-0.3, -0.25) is 0 Å². The SMILES string of the molecule is CC(Nc1ccc(C#N)cc1)c1ccccc1O. The highest BCUT2D eigenvalue weighted by atomic mass is 16.3. The van der Waals surface area contributed by atoms with Gasteiger partial charge in [0.05, 0.1) is 17.7 Å². The molecule has 0 bridgehead atoms. The van der Waals surface area contributed by atoms with Crippen molar-refractivity contribution in [2.75, 3.05) is 5.32 Å². The molecule has 3 heteroatoms. The standard InChI is InChI=1S/C15H14N2O/c1-11(14-4-2-3-5-15(14)18)17-13-8-6-12(10-16)7-9-13/h2-9,11,17-18H,1H3. The van der Waals surface area contributed by atoms with E-state index in [2.05, 4.69) is 11.4 Å². The minimum Gasteiger partial charge on any atom is -0.508 e. The van der Waals surface area contributed by atoms with Crippen molar-refractivity contribution in [3.05, 3.63) is 59.7 Å². The lowest BCUT2D eigenvalue weighted by molar-refractivity contribution is 0.465. The molecule has 0 aliphatic heterocycles. The molecule has 0 saturated carbocycles. The highest BCUT2D eigenvalue weighted by Gasteiger charge is 2.09. The molecule has 1 atom stereocenters.